The maximum atomic E-state index is 11.5. The lowest BCUT2D eigenvalue weighted by atomic mass is 10.0. The Morgan fingerprint density at radius 3 is 2.79 bits per heavy atom. The number of anilines is 1. The predicted molar refractivity (Wildman–Crippen MR) is 72.3 cm³/mol. The van der Waals surface area contributed by atoms with E-state index in [1.807, 2.05) is 7.05 Å². The molecule has 6 heteroatoms. The lowest BCUT2D eigenvalue weighted by molar-refractivity contribution is 0.0594. The van der Waals surface area contributed by atoms with Crippen molar-refractivity contribution in [2.45, 2.75) is 18.9 Å². The molecule has 0 saturated carbocycles. The van der Waals surface area contributed by atoms with Crippen LogP contribution < -0.4 is 4.90 Å². The maximum Gasteiger partial charge on any atom is 0.356 e. The molecule has 0 unspecified atom stereocenters. The molecule has 0 aromatic carbocycles. The van der Waals surface area contributed by atoms with Crippen molar-refractivity contribution in [1.29, 1.82) is 0 Å². The number of nitrogens with zero attached hydrogens (tertiary/aromatic N) is 4. The molecule has 1 aliphatic heterocycles. The number of methoxy groups -OCH3 is 1. The lowest BCUT2D eigenvalue weighted by Crippen LogP contribution is -2.42. The van der Waals surface area contributed by atoms with Gasteiger partial charge in [0.1, 0.15) is 0 Å². The Kier molecular flexibility index (Phi) is 4.31. The average Bonchev–Trinajstić information content (AvgIpc) is 2.46. The first kappa shape index (κ1) is 13.7. The first-order chi connectivity index (χ1) is 9.11. The summed E-state index contributed by atoms with van der Waals surface area (Å²) in [4.78, 5) is 24.3. The number of esters is 1. The van der Waals surface area contributed by atoms with E-state index in [0.29, 0.717) is 17.7 Å². The molecule has 1 aromatic rings. The van der Waals surface area contributed by atoms with Crippen molar-refractivity contribution >= 4 is 11.9 Å². The van der Waals surface area contributed by atoms with Crippen LogP contribution in [0.25, 0.3) is 0 Å². The summed E-state index contributed by atoms with van der Waals surface area (Å²) in [6.45, 7) is 2.15. The van der Waals surface area contributed by atoms with E-state index >= 15 is 0 Å². The molecular weight excluding hydrogens is 244 g/mol. The van der Waals surface area contributed by atoms with Crippen molar-refractivity contribution in [3.63, 3.8) is 0 Å². The van der Waals surface area contributed by atoms with Crippen LogP contribution in [0.3, 0.4) is 0 Å². The number of rotatable bonds is 3. The number of aromatic nitrogens is 2. The van der Waals surface area contributed by atoms with Gasteiger partial charge in [-0.3, -0.25) is 0 Å². The number of carbonyl (C=O) groups is 1. The Morgan fingerprint density at radius 2 is 2.16 bits per heavy atom. The Balaban J connectivity index is 2.10. The van der Waals surface area contributed by atoms with Gasteiger partial charge in [0, 0.05) is 19.3 Å². The zero-order valence-electron chi connectivity index (χ0n) is 11.7. The van der Waals surface area contributed by atoms with Crippen LogP contribution in [0.5, 0.6) is 0 Å². The van der Waals surface area contributed by atoms with Gasteiger partial charge in [-0.1, -0.05) is 0 Å². The summed E-state index contributed by atoms with van der Waals surface area (Å²) in [5.74, 6) is 0.151. The third-order valence-corrected chi connectivity index (χ3v) is 3.59. The van der Waals surface area contributed by atoms with Crippen LogP contribution in [0.1, 0.15) is 23.3 Å². The third kappa shape index (κ3) is 3.20. The summed E-state index contributed by atoms with van der Waals surface area (Å²) in [7, 11) is 5.46. The van der Waals surface area contributed by atoms with Crippen LogP contribution in [0.2, 0.25) is 0 Å². The Labute approximate surface area is 113 Å². The highest BCUT2D eigenvalue weighted by molar-refractivity contribution is 5.87. The Hall–Kier alpha value is -1.69. The van der Waals surface area contributed by atoms with Crippen molar-refractivity contribution in [3.05, 3.63) is 18.0 Å². The van der Waals surface area contributed by atoms with E-state index in [1.54, 1.807) is 12.3 Å². The van der Waals surface area contributed by atoms with Crippen molar-refractivity contribution in [3.8, 4) is 0 Å². The van der Waals surface area contributed by atoms with Gasteiger partial charge in [-0.15, -0.1) is 0 Å². The second-order valence-electron chi connectivity index (χ2n) is 4.88. The van der Waals surface area contributed by atoms with Gasteiger partial charge in [-0.2, -0.15) is 0 Å². The van der Waals surface area contributed by atoms with E-state index in [0.717, 1.165) is 25.9 Å². The highest BCUT2D eigenvalue weighted by Crippen LogP contribution is 2.18. The summed E-state index contributed by atoms with van der Waals surface area (Å²) in [5.41, 5.74) is 0.298. The smallest absolute Gasteiger partial charge is 0.356 e. The normalized spacial score (nSPS) is 17.2. The monoisotopic (exact) mass is 264 g/mol. The van der Waals surface area contributed by atoms with Crippen molar-refractivity contribution in [2.24, 2.45) is 0 Å². The van der Waals surface area contributed by atoms with E-state index in [9.17, 15) is 4.79 Å². The zero-order valence-corrected chi connectivity index (χ0v) is 11.7. The average molecular weight is 264 g/mol. The molecule has 19 heavy (non-hydrogen) atoms. The van der Waals surface area contributed by atoms with E-state index in [-0.39, 0.29) is 0 Å². The van der Waals surface area contributed by atoms with E-state index in [2.05, 4.69) is 31.6 Å². The highest BCUT2D eigenvalue weighted by atomic mass is 16.5. The molecule has 1 fully saturated rings. The summed E-state index contributed by atoms with van der Waals surface area (Å²) >= 11 is 0. The molecule has 0 amide bonds. The molecule has 1 aromatic heterocycles. The first-order valence-corrected chi connectivity index (χ1v) is 6.44. The number of carbonyl (C=O) groups excluding carboxylic acids is 1. The van der Waals surface area contributed by atoms with E-state index in [1.165, 1.54) is 7.11 Å². The van der Waals surface area contributed by atoms with Gasteiger partial charge < -0.3 is 14.5 Å². The second-order valence-corrected chi connectivity index (χ2v) is 4.88. The Morgan fingerprint density at radius 1 is 1.47 bits per heavy atom. The van der Waals surface area contributed by atoms with Crippen LogP contribution >= 0.6 is 0 Å². The van der Waals surface area contributed by atoms with E-state index < -0.39 is 5.97 Å². The molecule has 0 N–H and O–H groups in total. The molecule has 0 bridgehead atoms. The van der Waals surface area contributed by atoms with Crippen LogP contribution in [-0.4, -0.2) is 61.2 Å². The van der Waals surface area contributed by atoms with Gasteiger partial charge in [0.25, 0.3) is 0 Å². The molecule has 0 atom stereocenters. The lowest BCUT2D eigenvalue weighted by Gasteiger charge is -2.35. The molecule has 6 nitrogen and oxygen atoms in total. The molecule has 104 valence electrons. The summed E-state index contributed by atoms with van der Waals surface area (Å²) < 4.78 is 4.68. The van der Waals surface area contributed by atoms with Gasteiger partial charge in [0.05, 0.1) is 7.11 Å². The number of likely N-dealkylation sites (tertiary alicyclic amines) is 1. The summed E-state index contributed by atoms with van der Waals surface area (Å²) in [6, 6.07) is 1.99. The fraction of sp³-hybridized carbons (Fsp3) is 0.615. The maximum absolute atomic E-state index is 11.5. The zero-order chi connectivity index (χ0) is 13.8. The molecule has 2 rings (SSSR count). The minimum Gasteiger partial charge on any atom is -0.464 e. The van der Waals surface area contributed by atoms with Crippen molar-refractivity contribution in [2.75, 3.05) is 39.2 Å². The molecule has 0 radical (unpaired) electrons. The largest absolute Gasteiger partial charge is 0.464 e. The second kappa shape index (κ2) is 5.97. The summed E-state index contributed by atoms with van der Waals surface area (Å²) in [6.07, 6.45) is 3.76. The molecule has 0 aliphatic carbocycles. The standard InChI is InChI=1S/C13H20N4O2/c1-16-8-5-10(6-9-16)17(2)13-14-7-4-11(15-13)12(18)19-3/h4,7,10H,5-6,8-9H2,1-3H3. The fourth-order valence-electron chi connectivity index (χ4n) is 2.28. The molecular formula is C13H20N4O2. The topological polar surface area (TPSA) is 58.6 Å². The number of hydrogen-bond donors (Lipinski definition) is 0. The van der Waals surface area contributed by atoms with Crippen LogP contribution in [0.15, 0.2) is 12.3 Å². The highest BCUT2D eigenvalue weighted by Gasteiger charge is 2.22. The molecule has 1 saturated heterocycles. The van der Waals surface area contributed by atoms with Gasteiger partial charge in [-0.05, 0) is 39.0 Å². The predicted octanol–water partition coefficient (Wildman–Crippen LogP) is 0.794. The van der Waals surface area contributed by atoms with Gasteiger partial charge >= 0.3 is 5.97 Å². The van der Waals surface area contributed by atoms with Crippen LogP contribution in [0.4, 0.5) is 5.95 Å². The molecule has 2 heterocycles. The number of piperidine rings is 1. The van der Waals surface area contributed by atoms with E-state index in [4.69, 9.17) is 0 Å². The minimum absolute atomic E-state index is 0.298. The minimum atomic E-state index is -0.430. The summed E-state index contributed by atoms with van der Waals surface area (Å²) in [5, 5.41) is 0. The van der Waals surface area contributed by atoms with Gasteiger partial charge in [-0.25, -0.2) is 14.8 Å². The van der Waals surface area contributed by atoms with Gasteiger partial charge in [0.15, 0.2) is 5.69 Å². The van der Waals surface area contributed by atoms with Crippen LogP contribution in [-0.2, 0) is 4.74 Å². The quantitative estimate of drug-likeness (QED) is 0.752. The molecule has 1 aliphatic rings. The number of ether oxygens (including phenoxy) is 1. The van der Waals surface area contributed by atoms with Gasteiger partial charge in [0.2, 0.25) is 5.95 Å². The first-order valence-electron chi connectivity index (χ1n) is 6.44. The Bertz CT molecular complexity index is 444. The van der Waals surface area contributed by atoms with Crippen molar-refractivity contribution in [1.82, 2.24) is 14.9 Å². The molecule has 0 spiro atoms. The van der Waals surface area contributed by atoms with Crippen molar-refractivity contribution < 1.29 is 9.53 Å². The number of hydrogen-bond acceptors (Lipinski definition) is 6. The fourth-order valence-corrected chi connectivity index (χ4v) is 2.28. The van der Waals surface area contributed by atoms with Crippen LogP contribution in [0, 0.1) is 0 Å². The SMILES string of the molecule is COC(=O)c1ccnc(N(C)C2CCN(C)CC2)n1. The third-order valence-electron chi connectivity index (χ3n) is 3.59.